The molecule has 0 spiro atoms. The Morgan fingerprint density at radius 2 is 1.88 bits per heavy atom. The molecule has 0 radical (unpaired) electrons. The number of anilines is 1. The first kappa shape index (κ1) is 19.0. The smallest absolute Gasteiger partial charge is 0.191 e. The summed E-state index contributed by atoms with van der Waals surface area (Å²) in [4.78, 5) is 7.17. The van der Waals surface area contributed by atoms with Gasteiger partial charge in [-0.15, -0.1) is 0 Å². The highest BCUT2D eigenvalue weighted by atomic mass is 32.2. The van der Waals surface area contributed by atoms with Gasteiger partial charge in [-0.25, -0.2) is 4.99 Å². The predicted molar refractivity (Wildman–Crippen MR) is 108 cm³/mol. The molecular formula is C19H32N4S. The van der Waals surface area contributed by atoms with Gasteiger partial charge in [0.15, 0.2) is 5.96 Å². The van der Waals surface area contributed by atoms with Gasteiger partial charge in [0.25, 0.3) is 0 Å². The van der Waals surface area contributed by atoms with Gasteiger partial charge in [-0.1, -0.05) is 26.0 Å². The third-order valence-corrected chi connectivity index (χ3v) is 5.03. The maximum absolute atomic E-state index is 4.70. The average Bonchev–Trinajstić information content (AvgIpc) is 2.60. The molecule has 1 fully saturated rings. The molecule has 0 atom stereocenters. The monoisotopic (exact) mass is 348 g/mol. The summed E-state index contributed by atoms with van der Waals surface area (Å²) in [5, 5.41) is 6.73. The highest BCUT2D eigenvalue weighted by Gasteiger charge is 2.10. The highest BCUT2D eigenvalue weighted by Crippen LogP contribution is 2.20. The van der Waals surface area contributed by atoms with Gasteiger partial charge in [-0.05, 0) is 37.0 Å². The molecule has 5 heteroatoms. The van der Waals surface area contributed by atoms with Gasteiger partial charge in [0.2, 0.25) is 0 Å². The fourth-order valence-electron chi connectivity index (χ4n) is 2.63. The molecule has 0 aromatic heterocycles. The van der Waals surface area contributed by atoms with Crippen LogP contribution >= 0.6 is 11.8 Å². The average molecular weight is 349 g/mol. The van der Waals surface area contributed by atoms with Gasteiger partial charge in [0.1, 0.15) is 0 Å². The third-order valence-electron chi connectivity index (χ3n) is 4.09. The first-order valence-electron chi connectivity index (χ1n) is 9.13. The molecule has 4 nitrogen and oxygen atoms in total. The number of nitrogens with one attached hydrogen (secondary N) is 2. The molecule has 1 aromatic carbocycles. The minimum absolute atomic E-state index is 0.709. The van der Waals surface area contributed by atoms with Gasteiger partial charge in [-0.2, -0.15) is 11.8 Å². The topological polar surface area (TPSA) is 39.7 Å². The van der Waals surface area contributed by atoms with Crippen molar-refractivity contribution < 1.29 is 0 Å². The second-order valence-corrected chi connectivity index (χ2v) is 7.80. The fraction of sp³-hybridized carbons (Fsp3) is 0.632. The van der Waals surface area contributed by atoms with Crippen LogP contribution in [0.15, 0.2) is 29.3 Å². The van der Waals surface area contributed by atoms with E-state index in [2.05, 4.69) is 60.6 Å². The van der Waals surface area contributed by atoms with E-state index in [0.29, 0.717) is 12.5 Å². The Labute approximate surface area is 151 Å². The van der Waals surface area contributed by atoms with Gasteiger partial charge in [-0.3, -0.25) is 0 Å². The molecule has 1 aliphatic heterocycles. The van der Waals surface area contributed by atoms with E-state index in [9.17, 15) is 0 Å². The van der Waals surface area contributed by atoms with E-state index in [1.165, 1.54) is 22.8 Å². The summed E-state index contributed by atoms with van der Waals surface area (Å²) in [6.07, 6.45) is 1.16. The normalized spacial score (nSPS) is 15.7. The molecule has 2 N–H and O–H groups in total. The number of benzene rings is 1. The molecule has 0 amide bonds. The molecule has 2 rings (SSSR count). The van der Waals surface area contributed by atoms with Crippen molar-refractivity contribution in [3.63, 3.8) is 0 Å². The zero-order valence-corrected chi connectivity index (χ0v) is 16.2. The minimum Gasteiger partial charge on any atom is -0.370 e. The Balaban J connectivity index is 1.87. The molecule has 0 bridgehead atoms. The maximum Gasteiger partial charge on any atom is 0.191 e. The highest BCUT2D eigenvalue weighted by molar-refractivity contribution is 7.99. The summed E-state index contributed by atoms with van der Waals surface area (Å²) in [7, 11) is 0. The lowest BCUT2D eigenvalue weighted by Crippen LogP contribution is -2.38. The number of rotatable bonds is 7. The number of aliphatic imine (C=N–C) groups is 1. The Bertz CT molecular complexity index is 493. The molecule has 1 saturated heterocycles. The summed E-state index contributed by atoms with van der Waals surface area (Å²) in [5.74, 6) is 4.09. The molecule has 1 aliphatic rings. The van der Waals surface area contributed by atoms with Gasteiger partial charge >= 0.3 is 0 Å². The SMILES string of the molecule is CCNC(=NCc1ccc(N2CCSCC2)cc1)NCCC(C)C. The van der Waals surface area contributed by atoms with E-state index in [0.717, 1.165) is 38.6 Å². The van der Waals surface area contributed by atoms with Crippen LogP contribution in [0.2, 0.25) is 0 Å². The quantitative estimate of drug-likeness (QED) is 0.586. The molecule has 1 aromatic rings. The lowest BCUT2D eigenvalue weighted by atomic mass is 10.1. The van der Waals surface area contributed by atoms with E-state index >= 15 is 0 Å². The molecular weight excluding hydrogens is 316 g/mol. The van der Waals surface area contributed by atoms with Crippen molar-refractivity contribution >= 4 is 23.4 Å². The summed E-state index contributed by atoms with van der Waals surface area (Å²) < 4.78 is 0. The van der Waals surface area contributed by atoms with Crippen LogP contribution in [0.25, 0.3) is 0 Å². The van der Waals surface area contributed by atoms with Crippen LogP contribution in [0.1, 0.15) is 32.8 Å². The van der Waals surface area contributed by atoms with Crippen LogP contribution in [-0.4, -0.2) is 43.6 Å². The van der Waals surface area contributed by atoms with Crippen molar-refractivity contribution in [3.05, 3.63) is 29.8 Å². The van der Waals surface area contributed by atoms with Crippen molar-refractivity contribution in [2.75, 3.05) is 42.6 Å². The van der Waals surface area contributed by atoms with Gasteiger partial charge in [0, 0.05) is 43.4 Å². The Kier molecular flexibility index (Phi) is 8.29. The Morgan fingerprint density at radius 3 is 2.50 bits per heavy atom. The summed E-state index contributed by atoms with van der Waals surface area (Å²) in [5.41, 5.74) is 2.59. The third kappa shape index (κ3) is 6.63. The summed E-state index contributed by atoms with van der Waals surface area (Å²) in [6.45, 7) is 11.5. The minimum atomic E-state index is 0.709. The van der Waals surface area contributed by atoms with Crippen LogP contribution in [0.4, 0.5) is 5.69 Å². The number of thioether (sulfide) groups is 1. The first-order valence-corrected chi connectivity index (χ1v) is 10.3. The lowest BCUT2D eigenvalue weighted by Gasteiger charge is -2.28. The molecule has 0 aliphatic carbocycles. The van der Waals surface area contributed by atoms with Crippen molar-refractivity contribution in [3.8, 4) is 0 Å². The van der Waals surface area contributed by atoms with Gasteiger partial charge in [0.05, 0.1) is 6.54 Å². The van der Waals surface area contributed by atoms with Crippen molar-refractivity contribution in [1.82, 2.24) is 10.6 Å². The molecule has 0 unspecified atom stereocenters. The van der Waals surface area contributed by atoms with Crippen LogP contribution in [-0.2, 0) is 6.54 Å². The Morgan fingerprint density at radius 1 is 1.17 bits per heavy atom. The zero-order chi connectivity index (χ0) is 17.2. The van der Waals surface area contributed by atoms with Crippen LogP contribution in [0.5, 0.6) is 0 Å². The summed E-state index contributed by atoms with van der Waals surface area (Å²) >= 11 is 2.05. The molecule has 1 heterocycles. The second kappa shape index (κ2) is 10.5. The molecule has 134 valence electrons. The number of hydrogen-bond acceptors (Lipinski definition) is 3. The van der Waals surface area contributed by atoms with Crippen LogP contribution in [0.3, 0.4) is 0 Å². The number of guanidine groups is 1. The molecule has 24 heavy (non-hydrogen) atoms. The van der Waals surface area contributed by atoms with E-state index in [1.807, 2.05) is 11.8 Å². The zero-order valence-electron chi connectivity index (χ0n) is 15.3. The fourth-order valence-corrected chi connectivity index (χ4v) is 3.53. The van der Waals surface area contributed by atoms with Gasteiger partial charge < -0.3 is 15.5 Å². The van der Waals surface area contributed by atoms with Crippen LogP contribution in [0, 0.1) is 5.92 Å². The lowest BCUT2D eigenvalue weighted by molar-refractivity contribution is 0.573. The standard InChI is InChI=1S/C19H32N4S/c1-4-20-19(21-10-9-16(2)3)22-15-17-5-7-18(8-6-17)23-11-13-24-14-12-23/h5-8,16H,4,9-15H2,1-3H3,(H2,20,21,22). The maximum atomic E-state index is 4.70. The Hall–Kier alpha value is -1.36. The van der Waals surface area contributed by atoms with Crippen molar-refractivity contribution in [2.45, 2.75) is 33.7 Å². The second-order valence-electron chi connectivity index (χ2n) is 6.57. The van der Waals surface area contributed by atoms with Crippen molar-refractivity contribution in [2.24, 2.45) is 10.9 Å². The van der Waals surface area contributed by atoms with E-state index in [1.54, 1.807) is 0 Å². The molecule has 0 saturated carbocycles. The van der Waals surface area contributed by atoms with E-state index < -0.39 is 0 Å². The van der Waals surface area contributed by atoms with E-state index in [-0.39, 0.29) is 0 Å². The summed E-state index contributed by atoms with van der Waals surface area (Å²) in [6, 6.07) is 8.89. The predicted octanol–water partition coefficient (Wildman–Crippen LogP) is 3.34. The van der Waals surface area contributed by atoms with Crippen molar-refractivity contribution in [1.29, 1.82) is 0 Å². The van der Waals surface area contributed by atoms with Crippen LogP contribution < -0.4 is 15.5 Å². The van der Waals surface area contributed by atoms with E-state index in [4.69, 9.17) is 4.99 Å². The number of hydrogen-bond donors (Lipinski definition) is 2. The number of nitrogens with zero attached hydrogens (tertiary/aromatic N) is 2. The largest absolute Gasteiger partial charge is 0.370 e. The first-order chi connectivity index (χ1) is 11.7.